The van der Waals surface area contributed by atoms with Gasteiger partial charge in [0.2, 0.25) is 0 Å². The maximum atomic E-state index is 5.35. The molecule has 0 aliphatic rings. The van der Waals surface area contributed by atoms with Crippen molar-refractivity contribution in [2.75, 3.05) is 0 Å². The number of hydrogen-bond donors (Lipinski definition) is 1. The Balaban J connectivity index is 2.23. The lowest BCUT2D eigenvalue weighted by Crippen LogP contribution is -1.95. The average molecular weight is 256 g/mol. The van der Waals surface area contributed by atoms with Crippen molar-refractivity contribution in [1.29, 1.82) is 0 Å². The molecule has 0 saturated carbocycles. The molecule has 0 aliphatic carbocycles. The van der Waals surface area contributed by atoms with Crippen LogP contribution in [-0.4, -0.2) is 19.6 Å². The summed E-state index contributed by atoms with van der Waals surface area (Å²) in [7, 11) is 0. The molecule has 90 valence electrons. The van der Waals surface area contributed by atoms with E-state index in [1.54, 1.807) is 12.4 Å². The van der Waals surface area contributed by atoms with E-state index in [1.165, 1.54) is 0 Å². The van der Waals surface area contributed by atoms with E-state index >= 15 is 0 Å². The number of fused-ring (bicyclic) bond motifs is 1. The Bertz CT molecular complexity index is 743. The summed E-state index contributed by atoms with van der Waals surface area (Å²) in [6, 6.07) is 7.84. The van der Waals surface area contributed by atoms with Crippen LogP contribution in [0.3, 0.4) is 0 Å². The number of hydrogen-bond acceptors (Lipinski definition) is 3. The lowest BCUT2D eigenvalue weighted by molar-refractivity contribution is 0.901. The third-order valence-electron chi connectivity index (χ3n) is 2.86. The highest BCUT2D eigenvalue weighted by Gasteiger charge is 2.05. The van der Waals surface area contributed by atoms with Gasteiger partial charge in [0, 0.05) is 29.7 Å². The monoisotopic (exact) mass is 256 g/mol. The summed E-state index contributed by atoms with van der Waals surface area (Å²) in [5.41, 5.74) is 3.93. The molecule has 1 N–H and O–H groups in total. The first-order valence-corrected chi connectivity index (χ1v) is 6.21. The molecule has 3 aromatic heterocycles. The summed E-state index contributed by atoms with van der Waals surface area (Å²) >= 11 is 5.35. The summed E-state index contributed by atoms with van der Waals surface area (Å²) in [6.07, 6.45) is 4.42. The molecule has 0 radical (unpaired) electrons. The molecule has 18 heavy (non-hydrogen) atoms. The highest BCUT2D eigenvalue weighted by Crippen LogP contribution is 2.18. The number of rotatable bonds is 2. The molecule has 4 nitrogen and oxygen atoms in total. The van der Waals surface area contributed by atoms with Crippen LogP contribution in [0.4, 0.5) is 0 Å². The van der Waals surface area contributed by atoms with Crippen LogP contribution in [0, 0.1) is 4.64 Å². The van der Waals surface area contributed by atoms with Crippen LogP contribution in [0.1, 0.15) is 12.6 Å². The van der Waals surface area contributed by atoms with E-state index in [0.717, 1.165) is 33.7 Å². The van der Waals surface area contributed by atoms with Crippen molar-refractivity contribution in [3.05, 3.63) is 47.0 Å². The number of aryl methyl sites for hydroxylation is 1. The first-order valence-electron chi connectivity index (χ1n) is 5.80. The van der Waals surface area contributed by atoms with Crippen molar-refractivity contribution >= 4 is 17.9 Å². The van der Waals surface area contributed by atoms with Gasteiger partial charge in [0.05, 0.1) is 5.69 Å². The first kappa shape index (κ1) is 11.1. The minimum absolute atomic E-state index is 0.747. The summed E-state index contributed by atoms with van der Waals surface area (Å²) in [6.45, 7) is 2.07. The second-order valence-electron chi connectivity index (χ2n) is 4.04. The Hall–Kier alpha value is -2.01. The van der Waals surface area contributed by atoms with E-state index in [1.807, 2.05) is 28.8 Å². The van der Waals surface area contributed by atoms with Gasteiger partial charge in [-0.05, 0) is 24.6 Å². The van der Waals surface area contributed by atoms with Crippen molar-refractivity contribution in [2.24, 2.45) is 0 Å². The minimum atomic E-state index is 0.747. The maximum Gasteiger partial charge on any atom is 0.155 e. The quantitative estimate of drug-likeness (QED) is 0.717. The second kappa shape index (κ2) is 4.34. The fraction of sp³-hybridized carbons (Fsp3) is 0.154. The minimum Gasteiger partial charge on any atom is -0.291 e. The van der Waals surface area contributed by atoms with Gasteiger partial charge in [0.1, 0.15) is 4.64 Å². The highest BCUT2D eigenvalue weighted by atomic mass is 32.1. The van der Waals surface area contributed by atoms with Crippen LogP contribution in [0.25, 0.3) is 16.9 Å². The number of pyridine rings is 1. The number of aromatic nitrogens is 4. The Labute approximate surface area is 109 Å². The second-order valence-corrected chi connectivity index (χ2v) is 4.46. The van der Waals surface area contributed by atoms with Crippen molar-refractivity contribution in [2.45, 2.75) is 13.3 Å². The zero-order valence-electron chi connectivity index (χ0n) is 9.92. The van der Waals surface area contributed by atoms with E-state index in [2.05, 4.69) is 22.0 Å². The lowest BCUT2D eigenvalue weighted by Gasteiger charge is -1.97. The van der Waals surface area contributed by atoms with Gasteiger partial charge < -0.3 is 0 Å². The van der Waals surface area contributed by atoms with Gasteiger partial charge >= 0.3 is 0 Å². The Kier molecular flexibility index (Phi) is 2.68. The molecule has 0 aromatic carbocycles. The summed E-state index contributed by atoms with van der Waals surface area (Å²) in [5.74, 6) is 0. The van der Waals surface area contributed by atoms with Gasteiger partial charge in [0.25, 0.3) is 0 Å². The average Bonchev–Trinajstić information content (AvgIpc) is 2.84. The van der Waals surface area contributed by atoms with Crippen LogP contribution in [0.15, 0.2) is 36.7 Å². The third kappa shape index (κ3) is 1.82. The van der Waals surface area contributed by atoms with E-state index < -0.39 is 0 Å². The molecule has 3 aromatic rings. The Morgan fingerprint density at radius 2 is 2.06 bits per heavy atom. The van der Waals surface area contributed by atoms with Gasteiger partial charge in [-0.15, -0.1) is 0 Å². The predicted molar refractivity (Wildman–Crippen MR) is 73.0 cm³/mol. The van der Waals surface area contributed by atoms with Crippen molar-refractivity contribution in [1.82, 2.24) is 19.6 Å². The van der Waals surface area contributed by atoms with E-state index in [9.17, 15) is 0 Å². The fourth-order valence-electron chi connectivity index (χ4n) is 1.90. The van der Waals surface area contributed by atoms with Gasteiger partial charge in [0.15, 0.2) is 5.65 Å². The van der Waals surface area contributed by atoms with Crippen LogP contribution in [0.5, 0.6) is 0 Å². The van der Waals surface area contributed by atoms with E-state index in [0.29, 0.717) is 0 Å². The molecule has 0 unspecified atom stereocenters. The number of aromatic amines is 1. The first-order chi connectivity index (χ1) is 8.78. The van der Waals surface area contributed by atoms with Crippen LogP contribution >= 0.6 is 12.2 Å². The topological polar surface area (TPSA) is 46.0 Å². The lowest BCUT2D eigenvalue weighted by atomic mass is 10.2. The Morgan fingerprint density at radius 3 is 2.78 bits per heavy atom. The molecular formula is C13H12N4S. The summed E-state index contributed by atoms with van der Waals surface area (Å²) < 4.78 is 2.57. The molecule has 0 bridgehead atoms. The van der Waals surface area contributed by atoms with E-state index in [-0.39, 0.29) is 0 Å². The molecule has 3 heterocycles. The Morgan fingerprint density at radius 1 is 1.28 bits per heavy atom. The SMILES string of the molecule is CCc1cc(=S)n2[nH]c(-c3ccncc3)cc2n1. The van der Waals surface area contributed by atoms with Crippen molar-refractivity contribution < 1.29 is 0 Å². The van der Waals surface area contributed by atoms with Gasteiger partial charge in [-0.2, -0.15) is 0 Å². The molecule has 3 rings (SSSR count). The summed E-state index contributed by atoms with van der Waals surface area (Å²) in [4.78, 5) is 8.56. The van der Waals surface area contributed by atoms with Crippen molar-refractivity contribution in [3.63, 3.8) is 0 Å². The van der Waals surface area contributed by atoms with Gasteiger partial charge in [-0.3, -0.25) is 10.1 Å². The fourth-order valence-corrected chi connectivity index (χ4v) is 2.18. The molecule has 0 saturated heterocycles. The predicted octanol–water partition coefficient (Wildman–Crippen LogP) is 3.02. The molecule has 0 fully saturated rings. The third-order valence-corrected chi connectivity index (χ3v) is 3.16. The molecule has 0 atom stereocenters. The number of nitrogens with zero attached hydrogens (tertiary/aromatic N) is 3. The normalized spacial score (nSPS) is 10.9. The molecule has 0 spiro atoms. The van der Waals surface area contributed by atoms with Crippen molar-refractivity contribution in [3.8, 4) is 11.3 Å². The van der Waals surface area contributed by atoms with E-state index in [4.69, 9.17) is 12.2 Å². The smallest absolute Gasteiger partial charge is 0.155 e. The van der Waals surface area contributed by atoms with Gasteiger partial charge in [-0.25, -0.2) is 9.50 Å². The molecule has 0 amide bonds. The zero-order chi connectivity index (χ0) is 12.5. The van der Waals surface area contributed by atoms with Crippen LogP contribution in [0.2, 0.25) is 0 Å². The standard InChI is InChI=1S/C13H12N4S/c1-2-10-7-13(18)17-12(15-10)8-11(16-17)9-3-5-14-6-4-9/h3-8,16H,2H2,1H3. The number of nitrogens with one attached hydrogen (secondary N) is 1. The van der Waals surface area contributed by atoms with Crippen LogP contribution in [-0.2, 0) is 6.42 Å². The molecule has 0 aliphatic heterocycles. The largest absolute Gasteiger partial charge is 0.291 e. The maximum absolute atomic E-state index is 5.35. The highest BCUT2D eigenvalue weighted by molar-refractivity contribution is 7.71. The zero-order valence-corrected chi connectivity index (χ0v) is 10.7. The molecular weight excluding hydrogens is 244 g/mol. The summed E-state index contributed by atoms with van der Waals surface area (Å²) in [5, 5.41) is 3.25. The molecule has 5 heteroatoms. The van der Waals surface area contributed by atoms with Gasteiger partial charge in [-0.1, -0.05) is 19.1 Å². The van der Waals surface area contributed by atoms with Crippen LogP contribution < -0.4 is 0 Å². The number of H-pyrrole nitrogens is 1.